The molecule has 1 aromatic heterocycles. The van der Waals surface area contributed by atoms with E-state index in [2.05, 4.69) is 26.6 Å². The molecule has 1 aromatic rings. The molecule has 7 heteroatoms. The number of aromatic nitrogens is 1. The van der Waals surface area contributed by atoms with Crippen LogP contribution in [0.1, 0.15) is 50.5 Å². The number of nitrogens with zero attached hydrogens (tertiary/aromatic N) is 2. The van der Waals surface area contributed by atoms with Crippen LogP contribution in [0.4, 0.5) is 5.82 Å². The first-order valence-electron chi connectivity index (χ1n) is 10.4. The fraction of sp³-hybridized carbons (Fsp3) is 0.667. The number of pyridine rings is 1. The van der Waals surface area contributed by atoms with Gasteiger partial charge in [-0.05, 0) is 63.1 Å². The Morgan fingerprint density at radius 3 is 3.00 bits per heavy atom. The molecular weight excluding hydrogens is 356 g/mol. The summed E-state index contributed by atoms with van der Waals surface area (Å²) in [6, 6.07) is 4.75. The SMILES string of the molecule is COC(=O)[C@H](CCN(CCCC[C@H]1CCc2cccnc2N1)C1CC1)NC=O. The molecule has 0 unspecified atom stereocenters. The second kappa shape index (κ2) is 10.4. The van der Waals surface area contributed by atoms with E-state index in [0.717, 1.165) is 38.2 Å². The van der Waals surface area contributed by atoms with E-state index < -0.39 is 6.04 Å². The number of aryl methyl sites for hydroxylation is 1. The number of carbonyl (C=O) groups excluding carboxylic acids is 2. The predicted molar refractivity (Wildman–Crippen MR) is 108 cm³/mol. The molecule has 0 bridgehead atoms. The van der Waals surface area contributed by atoms with E-state index in [-0.39, 0.29) is 5.97 Å². The number of ether oxygens (including phenoxy) is 1. The lowest BCUT2D eigenvalue weighted by atomic mass is 9.97. The zero-order chi connectivity index (χ0) is 19.8. The maximum Gasteiger partial charge on any atom is 0.328 e. The molecule has 0 radical (unpaired) electrons. The molecule has 2 N–H and O–H groups in total. The molecule has 2 atom stereocenters. The number of carbonyl (C=O) groups is 2. The Hall–Kier alpha value is -2.15. The highest BCUT2D eigenvalue weighted by Crippen LogP contribution is 2.28. The molecular formula is C21H32N4O3. The van der Waals surface area contributed by atoms with Crippen LogP contribution in [0.25, 0.3) is 0 Å². The van der Waals surface area contributed by atoms with Crippen LogP contribution in [0.15, 0.2) is 18.3 Å². The minimum absolute atomic E-state index is 0.375. The topological polar surface area (TPSA) is 83.6 Å². The van der Waals surface area contributed by atoms with Crippen molar-refractivity contribution in [1.29, 1.82) is 0 Å². The summed E-state index contributed by atoms with van der Waals surface area (Å²) in [7, 11) is 1.35. The normalized spacial score (nSPS) is 19.4. The van der Waals surface area contributed by atoms with Crippen molar-refractivity contribution in [2.45, 2.75) is 69.5 Å². The molecule has 1 saturated carbocycles. The second-order valence-electron chi connectivity index (χ2n) is 7.80. The Kier molecular flexibility index (Phi) is 7.65. The number of rotatable bonds is 12. The van der Waals surface area contributed by atoms with Crippen molar-refractivity contribution in [2.75, 3.05) is 25.5 Å². The fourth-order valence-electron chi connectivity index (χ4n) is 3.99. The van der Waals surface area contributed by atoms with Crippen molar-refractivity contribution in [3.63, 3.8) is 0 Å². The summed E-state index contributed by atoms with van der Waals surface area (Å²) in [5.41, 5.74) is 1.32. The molecule has 7 nitrogen and oxygen atoms in total. The van der Waals surface area contributed by atoms with Crippen LogP contribution >= 0.6 is 0 Å². The van der Waals surface area contributed by atoms with Crippen molar-refractivity contribution >= 4 is 18.2 Å². The van der Waals surface area contributed by atoms with Gasteiger partial charge in [-0.2, -0.15) is 0 Å². The van der Waals surface area contributed by atoms with Gasteiger partial charge in [0.05, 0.1) is 7.11 Å². The Balaban J connectivity index is 1.37. The van der Waals surface area contributed by atoms with Gasteiger partial charge >= 0.3 is 5.97 Å². The lowest BCUT2D eigenvalue weighted by Crippen LogP contribution is -2.40. The smallest absolute Gasteiger partial charge is 0.328 e. The zero-order valence-corrected chi connectivity index (χ0v) is 16.7. The van der Waals surface area contributed by atoms with Crippen LogP contribution in [-0.2, 0) is 20.7 Å². The van der Waals surface area contributed by atoms with Gasteiger partial charge in [-0.25, -0.2) is 9.78 Å². The van der Waals surface area contributed by atoms with Crippen LogP contribution in [0.5, 0.6) is 0 Å². The van der Waals surface area contributed by atoms with Gasteiger partial charge in [0.2, 0.25) is 6.41 Å². The Bertz CT molecular complexity index is 650. The summed E-state index contributed by atoms with van der Waals surface area (Å²) in [4.78, 5) is 29.4. The van der Waals surface area contributed by atoms with Crippen molar-refractivity contribution in [1.82, 2.24) is 15.2 Å². The molecule has 1 aliphatic carbocycles. The zero-order valence-electron chi connectivity index (χ0n) is 16.7. The number of methoxy groups -OCH3 is 1. The van der Waals surface area contributed by atoms with E-state index in [1.165, 1.54) is 38.4 Å². The molecule has 1 fully saturated rings. The van der Waals surface area contributed by atoms with Crippen LogP contribution in [0.2, 0.25) is 0 Å². The summed E-state index contributed by atoms with van der Waals surface area (Å²) >= 11 is 0. The Morgan fingerprint density at radius 1 is 1.39 bits per heavy atom. The summed E-state index contributed by atoms with van der Waals surface area (Å²) in [6.07, 6.45) is 11.2. The molecule has 2 heterocycles. The van der Waals surface area contributed by atoms with E-state index in [1.807, 2.05) is 12.3 Å². The van der Waals surface area contributed by atoms with Gasteiger partial charge in [-0.15, -0.1) is 0 Å². The highest BCUT2D eigenvalue weighted by atomic mass is 16.5. The minimum atomic E-state index is -0.553. The highest BCUT2D eigenvalue weighted by molar-refractivity contribution is 5.78. The lowest BCUT2D eigenvalue weighted by Gasteiger charge is -2.27. The first kappa shape index (κ1) is 20.6. The molecule has 0 aromatic carbocycles. The van der Waals surface area contributed by atoms with Crippen molar-refractivity contribution in [3.05, 3.63) is 23.9 Å². The Labute approximate surface area is 167 Å². The maximum atomic E-state index is 11.7. The highest BCUT2D eigenvalue weighted by Gasteiger charge is 2.30. The molecule has 0 spiro atoms. The number of fused-ring (bicyclic) bond motifs is 1. The first-order chi connectivity index (χ1) is 13.7. The monoisotopic (exact) mass is 388 g/mol. The maximum absolute atomic E-state index is 11.7. The molecule has 28 heavy (non-hydrogen) atoms. The van der Waals surface area contributed by atoms with Crippen LogP contribution in [0.3, 0.4) is 0 Å². The summed E-state index contributed by atoms with van der Waals surface area (Å²) in [5.74, 6) is 0.676. The molecule has 0 saturated heterocycles. The summed E-state index contributed by atoms with van der Waals surface area (Å²) in [6.45, 7) is 1.85. The van der Waals surface area contributed by atoms with E-state index in [4.69, 9.17) is 4.74 Å². The number of unbranched alkanes of at least 4 members (excludes halogenated alkanes) is 1. The first-order valence-corrected chi connectivity index (χ1v) is 10.4. The molecule has 2 aliphatic rings. The third-order valence-corrected chi connectivity index (χ3v) is 5.77. The van der Waals surface area contributed by atoms with Gasteiger partial charge in [0, 0.05) is 24.8 Å². The fourth-order valence-corrected chi connectivity index (χ4v) is 3.99. The number of hydrogen-bond donors (Lipinski definition) is 2. The molecule has 1 aliphatic heterocycles. The van der Waals surface area contributed by atoms with E-state index in [1.54, 1.807) is 0 Å². The number of nitrogens with one attached hydrogen (secondary N) is 2. The van der Waals surface area contributed by atoms with Crippen molar-refractivity contribution in [2.24, 2.45) is 0 Å². The van der Waals surface area contributed by atoms with Gasteiger partial charge in [0.1, 0.15) is 11.9 Å². The average Bonchev–Trinajstić information content (AvgIpc) is 3.56. The summed E-state index contributed by atoms with van der Waals surface area (Å²) in [5, 5.41) is 6.15. The van der Waals surface area contributed by atoms with Gasteiger partial charge < -0.3 is 20.3 Å². The van der Waals surface area contributed by atoms with Crippen LogP contribution in [-0.4, -0.2) is 60.6 Å². The van der Waals surface area contributed by atoms with Crippen molar-refractivity contribution in [3.8, 4) is 0 Å². The second-order valence-corrected chi connectivity index (χ2v) is 7.80. The van der Waals surface area contributed by atoms with E-state index >= 15 is 0 Å². The number of anilines is 1. The largest absolute Gasteiger partial charge is 0.467 e. The molecule has 3 rings (SSSR count). The average molecular weight is 389 g/mol. The third-order valence-electron chi connectivity index (χ3n) is 5.77. The van der Waals surface area contributed by atoms with Crippen LogP contribution in [0, 0.1) is 0 Å². The minimum Gasteiger partial charge on any atom is -0.467 e. The van der Waals surface area contributed by atoms with Gasteiger partial charge in [0.25, 0.3) is 0 Å². The van der Waals surface area contributed by atoms with Gasteiger partial charge in [-0.3, -0.25) is 4.79 Å². The van der Waals surface area contributed by atoms with Gasteiger partial charge in [0.15, 0.2) is 0 Å². The number of amides is 1. The predicted octanol–water partition coefficient (Wildman–Crippen LogP) is 2.12. The third kappa shape index (κ3) is 5.92. The van der Waals surface area contributed by atoms with Crippen molar-refractivity contribution < 1.29 is 14.3 Å². The summed E-state index contributed by atoms with van der Waals surface area (Å²) < 4.78 is 4.77. The molecule has 154 valence electrons. The Morgan fingerprint density at radius 2 is 2.25 bits per heavy atom. The lowest BCUT2D eigenvalue weighted by molar-refractivity contribution is -0.144. The quantitative estimate of drug-likeness (QED) is 0.324. The van der Waals surface area contributed by atoms with Crippen LogP contribution < -0.4 is 10.6 Å². The number of esters is 1. The van der Waals surface area contributed by atoms with E-state index in [9.17, 15) is 9.59 Å². The van der Waals surface area contributed by atoms with E-state index in [0.29, 0.717) is 24.9 Å². The standard InChI is InChI=1S/C21H32N4O3/c1-28-21(27)19(23-15-26)11-14-25(18-9-10-18)13-3-2-6-17-8-7-16-5-4-12-22-20(16)24-17/h4-5,12,15,17-19H,2-3,6-11,13-14H2,1H3,(H,22,24)(H,23,26)/t17-,19-/m0/s1. The molecule has 1 amide bonds. The number of hydrogen-bond acceptors (Lipinski definition) is 6. The van der Waals surface area contributed by atoms with Gasteiger partial charge in [-0.1, -0.05) is 12.5 Å².